The zero-order valence-corrected chi connectivity index (χ0v) is 13.5. The molecule has 0 aromatic heterocycles. The Bertz CT molecular complexity index is 661. The van der Waals surface area contributed by atoms with E-state index < -0.39 is 31.6 Å². The summed E-state index contributed by atoms with van der Waals surface area (Å²) in [6, 6.07) is 2.30. The van der Waals surface area contributed by atoms with E-state index in [1.165, 1.54) is 12.3 Å². The van der Waals surface area contributed by atoms with Crippen LogP contribution in [-0.2, 0) is 20.8 Å². The number of amides is 1. The monoisotopic (exact) mass is 358 g/mol. The summed E-state index contributed by atoms with van der Waals surface area (Å²) < 4.78 is 33.6. The van der Waals surface area contributed by atoms with Gasteiger partial charge in [0, 0.05) is 34.4 Å². The van der Waals surface area contributed by atoms with Crippen LogP contribution in [0.4, 0.5) is 0 Å². The van der Waals surface area contributed by atoms with Crippen molar-refractivity contribution in [3.63, 3.8) is 0 Å². The molecule has 112 valence electrons. The van der Waals surface area contributed by atoms with Gasteiger partial charge in [-0.15, -0.1) is 0 Å². The van der Waals surface area contributed by atoms with Gasteiger partial charge in [-0.2, -0.15) is 0 Å². The molecule has 0 saturated heterocycles. The van der Waals surface area contributed by atoms with Gasteiger partial charge >= 0.3 is 0 Å². The molecule has 0 fully saturated rings. The molecule has 1 aromatic carbocycles. The number of benzene rings is 1. The Morgan fingerprint density at radius 2 is 2.00 bits per heavy atom. The molecule has 1 rings (SSSR count). The molecule has 3 N–H and O–H groups in total. The Hall–Kier alpha value is -0.670. The molecule has 6 nitrogen and oxygen atoms in total. The van der Waals surface area contributed by atoms with E-state index in [2.05, 4.69) is 5.32 Å². The number of nitrogens with one attached hydrogen (secondary N) is 1. The lowest BCUT2D eigenvalue weighted by atomic mass is 10.2. The van der Waals surface area contributed by atoms with Gasteiger partial charge in [0.25, 0.3) is 5.91 Å². The van der Waals surface area contributed by atoms with Crippen molar-refractivity contribution in [1.29, 1.82) is 0 Å². The van der Waals surface area contributed by atoms with Crippen LogP contribution in [0.3, 0.4) is 0 Å². The number of carbonyl (C=O) groups excluding carboxylic acids is 1. The second-order valence-electron chi connectivity index (χ2n) is 3.84. The standard InChI is InChI=1S/C10H12Cl2N2O4S2/c1-19(16)3-2-14-10(15)7-4-6(11)5-8(9(7)12)20(13,17)18/h4-5H,2-3H2,1H3,(H,14,15)(H2,13,17,18). The molecule has 0 aliphatic rings. The van der Waals surface area contributed by atoms with Crippen LogP contribution in [0.25, 0.3) is 0 Å². The maximum Gasteiger partial charge on any atom is 0.252 e. The molecule has 1 aromatic rings. The average Bonchev–Trinajstić information content (AvgIpc) is 2.29. The van der Waals surface area contributed by atoms with Crippen molar-refractivity contribution in [2.24, 2.45) is 5.14 Å². The topological polar surface area (TPSA) is 106 Å². The first-order chi connectivity index (χ1) is 9.12. The molecule has 0 spiro atoms. The Balaban J connectivity index is 3.10. The molecular weight excluding hydrogens is 347 g/mol. The number of carbonyl (C=O) groups is 1. The van der Waals surface area contributed by atoms with Gasteiger partial charge in [0.1, 0.15) is 4.90 Å². The van der Waals surface area contributed by atoms with Crippen LogP contribution in [0.2, 0.25) is 10.0 Å². The molecule has 10 heteroatoms. The minimum atomic E-state index is -4.09. The van der Waals surface area contributed by atoms with E-state index >= 15 is 0 Å². The number of rotatable bonds is 5. The summed E-state index contributed by atoms with van der Waals surface area (Å²) in [5.41, 5.74) is -0.106. The largest absolute Gasteiger partial charge is 0.351 e. The van der Waals surface area contributed by atoms with E-state index in [4.69, 9.17) is 28.3 Å². The normalized spacial score (nSPS) is 13.0. The summed E-state index contributed by atoms with van der Waals surface area (Å²) in [4.78, 5) is 11.5. The van der Waals surface area contributed by atoms with E-state index in [1.54, 1.807) is 0 Å². The summed E-state index contributed by atoms with van der Waals surface area (Å²) in [6.45, 7) is 0.162. The lowest BCUT2D eigenvalue weighted by Gasteiger charge is -2.09. The molecule has 0 radical (unpaired) electrons. The first-order valence-electron chi connectivity index (χ1n) is 5.23. The van der Waals surface area contributed by atoms with Crippen LogP contribution in [0.15, 0.2) is 17.0 Å². The summed E-state index contributed by atoms with van der Waals surface area (Å²) in [7, 11) is -5.15. The molecule has 1 unspecified atom stereocenters. The van der Waals surface area contributed by atoms with Crippen molar-refractivity contribution in [3.05, 3.63) is 27.7 Å². The highest BCUT2D eigenvalue weighted by Gasteiger charge is 2.21. The first kappa shape index (κ1) is 17.4. The Kier molecular flexibility index (Phi) is 5.96. The lowest BCUT2D eigenvalue weighted by molar-refractivity contribution is 0.0956. The Labute approximate surface area is 129 Å². The van der Waals surface area contributed by atoms with Crippen molar-refractivity contribution in [3.8, 4) is 0 Å². The van der Waals surface area contributed by atoms with Crippen LogP contribution < -0.4 is 10.5 Å². The van der Waals surface area contributed by atoms with Crippen molar-refractivity contribution >= 4 is 49.9 Å². The Morgan fingerprint density at radius 1 is 1.40 bits per heavy atom. The van der Waals surface area contributed by atoms with Gasteiger partial charge < -0.3 is 5.32 Å². The molecule has 0 aliphatic heterocycles. The number of nitrogens with two attached hydrogens (primary N) is 1. The SMILES string of the molecule is CS(=O)CCNC(=O)c1cc(Cl)cc(S(N)(=O)=O)c1Cl. The van der Waals surface area contributed by atoms with Crippen LogP contribution in [0, 0.1) is 0 Å². The summed E-state index contributed by atoms with van der Waals surface area (Å²) in [6.07, 6.45) is 1.50. The molecule has 1 atom stereocenters. The third-order valence-electron chi connectivity index (χ3n) is 2.23. The summed E-state index contributed by atoms with van der Waals surface area (Å²) >= 11 is 11.6. The minimum absolute atomic E-state index is 0.0163. The Morgan fingerprint density at radius 3 is 2.50 bits per heavy atom. The van der Waals surface area contributed by atoms with Gasteiger partial charge in [0.15, 0.2) is 0 Å². The maximum absolute atomic E-state index is 11.9. The van der Waals surface area contributed by atoms with Crippen LogP contribution >= 0.6 is 23.2 Å². The van der Waals surface area contributed by atoms with Gasteiger partial charge in [-0.25, -0.2) is 13.6 Å². The quantitative estimate of drug-likeness (QED) is 0.809. The van der Waals surface area contributed by atoms with Crippen molar-refractivity contribution in [2.45, 2.75) is 4.90 Å². The molecule has 20 heavy (non-hydrogen) atoms. The number of primary sulfonamides is 1. The van der Waals surface area contributed by atoms with Crippen molar-refractivity contribution in [2.75, 3.05) is 18.6 Å². The fraction of sp³-hybridized carbons (Fsp3) is 0.300. The fourth-order valence-corrected chi connectivity index (χ4v) is 3.18. The van der Waals surface area contributed by atoms with Gasteiger partial charge in [-0.3, -0.25) is 9.00 Å². The molecule has 0 aliphatic carbocycles. The van der Waals surface area contributed by atoms with Crippen molar-refractivity contribution < 1.29 is 17.4 Å². The second-order valence-corrected chi connectivity index (χ2v) is 7.74. The van der Waals surface area contributed by atoms with E-state index in [-0.39, 0.29) is 27.9 Å². The fourth-order valence-electron chi connectivity index (χ4n) is 1.34. The van der Waals surface area contributed by atoms with Gasteiger partial charge in [0.05, 0.1) is 10.6 Å². The molecule has 0 saturated carbocycles. The molecule has 0 bridgehead atoms. The van der Waals surface area contributed by atoms with Crippen molar-refractivity contribution in [1.82, 2.24) is 5.32 Å². The molecular formula is C10H12Cl2N2O4S2. The highest BCUT2D eigenvalue weighted by molar-refractivity contribution is 7.89. The van der Waals surface area contributed by atoms with E-state index in [9.17, 15) is 17.4 Å². The molecule has 0 heterocycles. The third-order valence-corrected chi connectivity index (χ3v) is 4.68. The van der Waals surface area contributed by atoms with Crippen LogP contribution in [-0.4, -0.2) is 37.1 Å². The summed E-state index contributed by atoms with van der Waals surface area (Å²) in [5.74, 6) is -0.348. The minimum Gasteiger partial charge on any atom is -0.351 e. The predicted octanol–water partition coefficient (Wildman–Crippen LogP) is 0.749. The number of sulfonamides is 1. The van der Waals surface area contributed by atoms with Gasteiger partial charge in [-0.05, 0) is 12.1 Å². The number of halogens is 2. The van der Waals surface area contributed by atoms with E-state index in [0.29, 0.717) is 0 Å². The molecule has 1 amide bonds. The van der Waals surface area contributed by atoms with E-state index in [0.717, 1.165) is 6.07 Å². The lowest BCUT2D eigenvalue weighted by Crippen LogP contribution is -2.28. The van der Waals surface area contributed by atoms with Crippen LogP contribution in [0.5, 0.6) is 0 Å². The van der Waals surface area contributed by atoms with Crippen LogP contribution in [0.1, 0.15) is 10.4 Å². The van der Waals surface area contributed by atoms with Gasteiger partial charge in [-0.1, -0.05) is 23.2 Å². The number of hydrogen-bond donors (Lipinski definition) is 2. The highest BCUT2D eigenvalue weighted by atomic mass is 35.5. The predicted molar refractivity (Wildman–Crippen MR) is 79.1 cm³/mol. The summed E-state index contributed by atoms with van der Waals surface area (Å²) in [5, 5.41) is 7.18. The number of hydrogen-bond acceptors (Lipinski definition) is 4. The van der Waals surface area contributed by atoms with Gasteiger partial charge in [0.2, 0.25) is 10.0 Å². The zero-order valence-electron chi connectivity index (χ0n) is 10.4. The average molecular weight is 359 g/mol. The second kappa shape index (κ2) is 6.86. The highest BCUT2D eigenvalue weighted by Crippen LogP contribution is 2.28. The van der Waals surface area contributed by atoms with E-state index in [1.807, 2.05) is 0 Å². The maximum atomic E-state index is 11.9. The zero-order chi connectivity index (χ0) is 15.5. The third kappa shape index (κ3) is 4.71. The first-order valence-corrected chi connectivity index (χ1v) is 9.26. The smallest absolute Gasteiger partial charge is 0.252 e.